The minimum Gasteiger partial charge on any atom is -0.493 e. The predicted octanol–water partition coefficient (Wildman–Crippen LogP) is 1.53. The van der Waals surface area contributed by atoms with Crippen molar-refractivity contribution in [2.45, 2.75) is 19.8 Å². The van der Waals surface area contributed by atoms with Crippen molar-refractivity contribution in [1.29, 1.82) is 0 Å². The number of ether oxygens (including phenoxy) is 1. The summed E-state index contributed by atoms with van der Waals surface area (Å²) in [4.78, 5) is 4.58. The second kappa shape index (κ2) is 4.61. The molecule has 4 nitrogen and oxygen atoms in total. The van der Waals surface area contributed by atoms with Crippen LogP contribution in [0.1, 0.15) is 18.5 Å². The third-order valence-electron chi connectivity index (χ3n) is 3.77. The summed E-state index contributed by atoms with van der Waals surface area (Å²) in [7, 11) is 3.58. The summed E-state index contributed by atoms with van der Waals surface area (Å²) in [6.45, 7) is 6.14. The fourth-order valence-electron chi connectivity index (χ4n) is 1.94. The third kappa shape index (κ3) is 2.08. The molecule has 1 fully saturated rings. The van der Waals surface area contributed by atoms with Crippen molar-refractivity contribution in [3.05, 3.63) is 35.6 Å². The van der Waals surface area contributed by atoms with Gasteiger partial charge in [-0.2, -0.15) is 0 Å². The van der Waals surface area contributed by atoms with Gasteiger partial charge in [-0.25, -0.2) is 4.99 Å². The molecule has 18 heavy (non-hydrogen) atoms. The van der Waals surface area contributed by atoms with E-state index in [1.54, 1.807) is 7.11 Å². The molecule has 1 aromatic heterocycles. The van der Waals surface area contributed by atoms with E-state index in [0.29, 0.717) is 0 Å². The molecule has 0 aromatic carbocycles. The third-order valence-corrected chi connectivity index (χ3v) is 3.77. The smallest absolute Gasteiger partial charge is 0.175 e. The van der Waals surface area contributed by atoms with Gasteiger partial charge in [-0.15, -0.1) is 0 Å². The standard InChI is InChI=1S/C14H20N2O2/c1-10-5-6-12(18-4)13(16(10)3)15-11(2)14(9-17)7-8-14/h5-6,17H,2,7-9H2,1,3-4H3/b15-13-. The van der Waals surface area contributed by atoms with Crippen molar-refractivity contribution in [3.63, 3.8) is 0 Å². The van der Waals surface area contributed by atoms with Crippen LogP contribution < -0.4 is 10.2 Å². The average Bonchev–Trinajstić information content (AvgIpc) is 3.16. The fourth-order valence-corrected chi connectivity index (χ4v) is 1.94. The molecule has 98 valence electrons. The van der Waals surface area contributed by atoms with E-state index in [0.717, 1.165) is 35.5 Å². The van der Waals surface area contributed by atoms with Crippen molar-refractivity contribution in [2.75, 3.05) is 13.7 Å². The van der Waals surface area contributed by atoms with E-state index < -0.39 is 0 Å². The summed E-state index contributed by atoms with van der Waals surface area (Å²) >= 11 is 0. The topological polar surface area (TPSA) is 46.8 Å². The van der Waals surface area contributed by atoms with Gasteiger partial charge in [0.15, 0.2) is 11.2 Å². The summed E-state index contributed by atoms with van der Waals surface area (Å²) < 4.78 is 7.30. The molecule has 0 spiro atoms. The lowest BCUT2D eigenvalue weighted by Gasteiger charge is -2.13. The van der Waals surface area contributed by atoms with Gasteiger partial charge in [0.2, 0.25) is 0 Å². The number of hydrogen-bond donors (Lipinski definition) is 1. The van der Waals surface area contributed by atoms with E-state index in [1.165, 1.54) is 0 Å². The highest BCUT2D eigenvalue weighted by Crippen LogP contribution is 2.51. The van der Waals surface area contributed by atoms with E-state index in [4.69, 9.17) is 4.74 Å². The number of hydrogen-bond acceptors (Lipinski definition) is 3. The van der Waals surface area contributed by atoms with Crippen LogP contribution in [0.15, 0.2) is 29.4 Å². The molecule has 0 saturated heterocycles. The Labute approximate surface area is 107 Å². The van der Waals surface area contributed by atoms with Crippen molar-refractivity contribution in [3.8, 4) is 5.75 Å². The highest BCUT2D eigenvalue weighted by molar-refractivity contribution is 5.24. The summed E-state index contributed by atoms with van der Waals surface area (Å²) in [5, 5.41) is 9.40. The molecule has 4 heteroatoms. The quantitative estimate of drug-likeness (QED) is 0.878. The van der Waals surface area contributed by atoms with Crippen LogP contribution in [0.2, 0.25) is 0 Å². The molecule has 1 aromatic rings. The van der Waals surface area contributed by atoms with Gasteiger partial charge in [0.25, 0.3) is 0 Å². The van der Waals surface area contributed by atoms with E-state index in [1.807, 2.05) is 30.7 Å². The van der Waals surface area contributed by atoms with Gasteiger partial charge in [0.1, 0.15) is 0 Å². The zero-order valence-electron chi connectivity index (χ0n) is 11.2. The minimum atomic E-state index is -0.193. The van der Waals surface area contributed by atoms with Gasteiger partial charge in [-0.3, -0.25) is 0 Å². The number of aliphatic hydroxyl groups is 1. The molecular formula is C14H20N2O2. The maximum atomic E-state index is 9.40. The summed E-state index contributed by atoms with van der Waals surface area (Å²) in [6, 6.07) is 3.89. The normalized spacial score (nSPS) is 17.7. The first-order chi connectivity index (χ1) is 8.54. The lowest BCUT2D eigenvalue weighted by atomic mass is 10.1. The minimum absolute atomic E-state index is 0.118. The second-order valence-corrected chi connectivity index (χ2v) is 4.92. The summed E-state index contributed by atoms with van der Waals surface area (Å²) in [5.74, 6) is 0.720. The summed E-state index contributed by atoms with van der Waals surface area (Å²) in [5.41, 5.74) is 2.39. The Kier molecular flexibility index (Phi) is 3.30. The predicted molar refractivity (Wildman–Crippen MR) is 70.2 cm³/mol. The number of nitrogens with zero attached hydrogens (tertiary/aromatic N) is 2. The Bertz CT molecular complexity index is 539. The molecule has 0 aliphatic heterocycles. The van der Waals surface area contributed by atoms with Gasteiger partial charge in [0, 0.05) is 23.9 Å². The first-order valence-electron chi connectivity index (χ1n) is 6.10. The van der Waals surface area contributed by atoms with E-state index in [2.05, 4.69) is 11.6 Å². The zero-order chi connectivity index (χ0) is 13.3. The van der Waals surface area contributed by atoms with E-state index >= 15 is 0 Å². The Morgan fingerprint density at radius 3 is 2.72 bits per heavy atom. The molecule has 1 N–H and O–H groups in total. The average molecular weight is 248 g/mol. The first kappa shape index (κ1) is 12.9. The molecule has 0 amide bonds. The number of rotatable bonds is 4. The van der Waals surface area contributed by atoms with Crippen molar-refractivity contribution in [2.24, 2.45) is 17.5 Å². The molecule has 1 aliphatic rings. The molecule has 1 heterocycles. The molecule has 0 atom stereocenters. The molecule has 0 unspecified atom stereocenters. The molecule has 1 aliphatic carbocycles. The van der Waals surface area contributed by atoms with Crippen LogP contribution in [-0.2, 0) is 7.05 Å². The van der Waals surface area contributed by atoms with Gasteiger partial charge in [-0.05, 0) is 31.9 Å². The zero-order valence-corrected chi connectivity index (χ0v) is 11.2. The maximum Gasteiger partial charge on any atom is 0.175 e. The van der Waals surface area contributed by atoms with Gasteiger partial charge in [0.05, 0.1) is 13.7 Å². The molecular weight excluding hydrogens is 228 g/mol. The second-order valence-electron chi connectivity index (χ2n) is 4.92. The van der Waals surface area contributed by atoms with Crippen LogP contribution in [0.3, 0.4) is 0 Å². The van der Waals surface area contributed by atoms with E-state index in [-0.39, 0.29) is 12.0 Å². The Morgan fingerprint density at radius 1 is 1.56 bits per heavy atom. The highest BCUT2D eigenvalue weighted by Gasteiger charge is 2.45. The monoisotopic (exact) mass is 248 g/mol. The van der Waals surface area contributed by atoms with Crippen molar-refractivity contribution >= 4 is 0 Å². The van der Waals surface area contributed by atoms with Crippen LogP contribution in [0, 0.1) is 12.3 Å². The number of aromatic nitrogens is 1. The van der Waals surface area contributed by atoms with Gasteiger partial charge in [-0.1, -0.05) is 6.58 Å². The Hall–Kier alpha value is -1.55. The van der Waals surface area contributed by atoms with Gasteiger partial charge >= 0.3 is 0 Å². The lowest BCUT2D eigenvalue weighted by Crippen LogP contribution is -2.23. The molecule has 2 rings (SSSR count). The molecule has 0 bridgehead atoms. The van der Waals surface area contributed by atoms with Crippen LogP contribution in [0.25, 0.3) is 0 Å². The van der Waals surface area contributed by atoms with Crippen molar-refractivity contribution < 1.29 is 9.84 Å². The van der Waals surface area contributed by atoms with Crippen LogP contribution >= 0.6 is 0 Å². The van der Waals surface area contributed by atoms with Crippen LogP contribution in [-0.4, -0.2) is 23.4 Å². The molecule has 0 radical (unpaired) electrons. The number of aryl methyl sites for hydroxylation is 1. The SMILES string of the molecule is C=C(/N=c1/c(OC)ccc(C)n1C)C1(CO)CC1. The van der Waals surface area contributed by atoms with Gasteiger partial charge < -0.3 is 14.4 Å². The highest BCUT2D eigenvalue weighted by atomic mass is 16.5. The van der Waals surface area contributed by atoms with Crippen LogP contribution in [0.4, 0.5) is 0 Å². The van der Waals surface area contributed by atoms with Crippen LogP contribution in [0.5, 0.6) is 5.75 Å². The fraction of sp³-hybridized carbons (Fsp3) is 0.500. The first-order valence-corrected chi connectivity index (χ1v) is 6.10. The lowest BCUT2D eigenvalue weighted by molar-refractivity contribution is 0.233. The number of methoxy groups -OCH3 is 1. The maximum absolute atomic E-state index is 9.40. The largest absolute Gasteiger partial charge is 0.493 e. The summed E-state index contributed by atoms with van der Waals surface area (Å²) in [6.07, 6.45) is 1.92. The Morgan fingerprint density at radius 2 is 2.22 bits per heavy atom. The van der Waals surface area contributed by atoms with E-state index in [9.17, 15) is 5.11 Å². The van der Waals surface area contributed by atoms with Crippen molar-refractivity contribution in [1.82, 2.24) is 4.57 Å². The number of pyridine rings is 1. The number of aliphatic hydroxyl groups excluding tert-OH is 1. The molecule has 1 saturated carbocycles. The Balaban J connectivity index is 2.50.